The average molecular weight is 410 g/mol. The molecule has 7 heteroatoms. The molecule has 0 radical (unpaired) electrons. The van der Waals surface area contributed by atoms with Gasteiger partial charge in [0.05, 0.1) is 18.2 Å². The third-order valence-electron chi connectivity index (χ3n) is 5.68. The Labute approximate surface area is 173 Å². The Bertz CT molecular complexity index is 675. The van der Waals surface area contributed by atoms with Crippen molar-refractivity contribution in [3.8, 4) is 11.5 Å². The number of methoxy groups -OCH3 is 1. The van der Waals surface area contributed by atoms with Crippen LogP contribution in [0.5, 0.6) is 11.5 Å². The van der Waals surface area contributed by atoms with E-state index in [0.29, 0.717) is 41.7 Å². The fourth-order valence-corrected chi connectivity index (χ4v) is 4.31. The number of ether oxygens (including phenoxy) is 3. The smallest absolute Gasteiger partial charge is 0.191 e. The molecule has 1 aliphatic carbocycles. The third kappa shape index (κ3) is 5.45. The first-order valence-electron chi connectivity index (χ1n) is 10.2. The van der Waals surface area contributed by atoms with Crippen LogP contribution in [0.3, 0.4) is 0 Å². The summed E-state index contributed by atoms with van der Waals surface area (Å²) in [6.07, 6.45) is 7.04. The minimum atomic E-state index is 0.312. The van der Waals surface area contributed by atoms with E-state index in [2.05, 4.69) is 15.6 Å². The molecule has 6 nitrogen and oxygen atoms in total. The average Bonchev–Trinajstić information content (AvgIpc) is 3.03. The maximum atomic E-state index is 6.39. The highest BCUT2D eigenvalue weighted by molar-refractivity contribution is 6.32. The number of fused-ring (bicyclic) bond motifs is 1. The number of rotatable bonds is 7. The highest BCUT2D eigenvalue weighted by Crippen LogP contribution is 2.40. The molecule has 1 saturated carbocycles. The Morgan fingerprint density at radius 1 is 1.18 bits per heavy atom. The lowest BCUT2D eigenvalue weighted by Crippen LogP contribution is -2.43. The number of halogens is 1. The standard InChI is InChI=1S/C21H32ClN3O3/c1-23-20(25-15-21(8-11-26-2)6-3-4-7-21)24-14-16-12-17(22)19-18(13-16)27-9-5-10-28-19/h12-13H,3-11,14-15H2,1-2H3,(H2,23,24,25). The summed E-state index contributed by atoms with van der Waals surface area (Å²) in [6.45, 7) is 3.61. The van der Waals surface area contributed by atoms with Crippen LogP contribution in [-0.4, -0.2) is 46.5 Å². The van der Waals surface area contributed by atoms with Crippen molar-refractivity contribution in [1.29, 1.82) is 0 Å². The van der Waals surface area contributed by atoms with Gasteiger partial charge in [0.15, 0.2) is 17.5 Å². The number of guanidine groups is 1. The first-order chi connectivity index (χ1) is 13.7. The summed E-state index contributed by atoms with van der Waals surface area (Å²) in [7, 11) is 3.57. The van der Waals surface area contributed by atoms with Crippen LogP contribution in [0, 0.1) is 5.41 Å². The van der Waals surface area contributed by atoms with Gasteiger partial charge in [-0.25, -0.2) is 0 Å². The molecule has 0 aromatic heterocycles. The van der Waals surface area contributed by atoms with E-state index in [1.807, 2.05) is 12.1 Å². The van der Waals surface area contributed by atoms with Gasteiger partial charge in [-0.2, -0.15) is 0 Å². The molecule has 0 saturated heterocycles. The first-order valence-corrected chi connectivity index (χ1v) is 10.5. The molecular weight excluding hydrogens is 378 g/mol. The lowest BCUT2D eigenvalue weighted by Gasteiger charge is -2.30. The first kappa shape index (κ1) is 21.1. The fraction of sp³-hybridized carbons (Fsp3) is 0.667. The second kappa shape index (κ2) is 10.2. The molecule has 28 heavy (non-hydrogen) atoms. The van der Waals surface area contributed by atoms with Crippen molar-refractivity contribution >= 4 is 17.6 Å². The maximum absolute atomic E-state index is 6.39. The van der Waals surface area contributed by atoms with Crippen LogP contribution in [0.25, 0.3) is 0 Å². The number of hydrogen-bond donors (Lipinski definition) is 2. The lowest BCUT2D eigenvalue weighted by molar-refractivity contribution is 0.138. The largest absolute Gasteiger partial charge is 0.489 e. The second-order valence-corrected chi connectivity index (χ2v) is 8.09. The van der Waals surface area contributed by atoms with Gasteiger partial charge in [0, 0.05) is 40.3 Å². The molecule has 1 fully saturated rings. The van der Waals surface area contributed by atoms with Crippen molar-refractivity contribution < 1.29 is 14.2 Å². The van der Waals surface area contributed by atoms with E-state index in [4.69, 9.17) is 25.8 Å². The van der Waals surface area contributed by atoms with Crippen LogP contribution in [0.4, 0.5) is 0 Å². The number of nitrogens with zero attached hydrogens (tertiary/aromatic N) is 1. The molecule has 0 atom stereocenters. The Morgan fingerprint density at radius 3 is 2.71 bits per heavy atom. The Kier molecular flexibility index (Phi) is 7.68. The van der Waals surface area contributed by atoms with E-state index in [-0.39, 0.29) is 0 Å². The summed E-state index contributed by atoms with van der Waals surface area (Å²) in [5, 5.41) is 7.48. The van der Waals surface area contributed by atoms with Crippen molar-refractivity contribution in [1.82, 2.24) is 10.6 Å². The van der Waals surface area contributed by atoms with Crippen LogP contribution in [-0.2, 0) is 11.3 Å². The van der Waals surface area contributed by atoms with Crippen molar-refractivity contribution in [3.05, 3.63) is 22.7 Å². The van der Waals surface area contributed by atoms with Crippen LogP contribution in [0.2, 0.25) is 5.02 Å². The molecule has 1 heterocycles. The van der Waals surface area contributed by atoms with Gasteiger partial charge in [0.25, 0.3) is 0 Å². The van der Waals surface area contributed by atoms with Crippen LogP contribution in [0.15, 0.2) is 17.1 Å². The fourth-order valence-electron chi connectivity index (χ4n) is 4.02. The Morgan fingerprint density at radius 2 is 1.96 bits per heavy atom. The van der Waals surface area contributed by atoms with Gasteiger partial charge >= 0.3 is 0 Å². The molecule has 2 aliphatic rings. The van der Waals surface area contributed by atoms with Crippen molar-refractivity contribution in [2.75, 3.05) is 40.5 Å². The SMILES string of the molecule is CN=C(NCc1cc(Cl)c2c(c1)OCCCO2)NCC1(CCOC)CCCC1. The molecule has 3 rings (SSSR count). The van der Waals surface area contributed by atoms with Crippen molar-refractivity contribution in [2.45, 2.75) is 45.1 Å². The Balaban J connectivity index is 1.57. The summed E-state index contributed by atoms with van der Waals surface area (Å²) in [4.78, 5) is 4.37. The van der Waals surface area contributed by atoms with E-state index in [9.17, 15) is 0 Å². The second-order valence-electron chi connectivity index (χ2n) is 7.68. The molecule has 0 amide bonds. The predicted octanol–water partition coefficient (Wildman–Crippen LogP) is 3.76. The van der Waals surface area contributed by atoms with Crippen LogP contribution in [0.1, 0.15) is 44.1 Å². The minimum Gasteiger partial charge on any atom is -0.489 e. The summed E-state index contributed by atoms with van der Waals surface area (Å²) in [5.74, 6) is 2.16. The topological polar surface area (TPSA) is 64.1 Å². The Hall–Kier alpha value is -1.66. The van der Waals surface area contributed by atoms with Gasteiger partial charge in [-0.15, -0.1) is 0 Å². The molecule has 0 spiro atoms. The highest BCUT2D eigenvalue weighted by atomic mass is 35.5. The molecule has 2 N–H and O–H groups in total. The van der Waals surface area contributed by atoms with Gasteiger partial charge in [-0.3, -0.25) is 4.99 Å². The summed E-state index contributed by atoms with van der Waals surface area (Å²) in [5.41, 5.74) is 1.35. The number of aliphatic imine (C=N–C) groups is 1. The summed E-state index contributed by atoms with van der Waals surface area (Å²) >= 11 is 6.39. The summed E-state index contributed by atoms with van der Waals surface area (Å²) in [6, 6.07) is 3.91. The third-order valence-corrected chi connectivity index (χ3v) is 5.96. The van der Waals surface area contributed by atoms with Gasteiger partial charge in [-0.1, -0.05) is 24.4 Å². The number of hydrogen-bond acceptors (Lipinski definition) is 4. The van der Waals surface area contributed by atoms with Gasteiger partial charge in [-0.05, 0) is 42.4 Å². The number of nitrogens with one attached hydrogen (secondary N) is 2. The van der Waals surface area contributed by atoms with Crippen molar-refractivity contribution in [2.24, 2.45) is 10.4 Å². The quantitative estimate of drug-likeness (QED) is 0.530. The molecular formula is C21H32ClN3O3. The zero-order chi connectivity index (χ0) is 19.8. The summed E-state index contributed by atoms with van der Waals surface area (Å²) < 4.78 is 16.8. The minimum absolute atomic E-state index is 0.312. The molecule has 0 bridgehead atoms. The van der Waals surface area contributed by atoms with E-state index in [1.54, 1.807) is 14.2 Å². The van der Waals surface area contributed by atoms with Gasteiger partial charge in [0.1, 0.15) is 0 Å². The van der Waals surface area contributed by atoms with E-state index < -0.39 is 0 Å². The molecule has 156 valence electrons. The van der Waals surface area contributed by atoms with E-state index >= 15 is 0 Å². The van der Waals surface area contributed by atoms with Gasteiger partial charge in [0.2, 0.25) is 0 Å². The maximum Gasteiger partial charge on any atom is 0.191 e. The normalized spacial score (nSPS) is 18.6. The highest BCUT2D eigenvalue weighted by Gasteiger charge is 2.33. The zero-order valence-electron chi connectivity index (χ0n) is 17.0. The van der Waals surface area contributed by atoms with Crippen LogP contribution >= 0.6 is 11.6 Å². The monoisotopic (exact) mass is 409 g/mol. The molecule has 1 aliphatic heterocycles. The number of benzene rings is 1. The predicted molar refractivity (Wildman–Crippen MR) is 113 cm³/mol. The molecule has 1 aromatic rings. The van der Waals surface area contributed by atoms with Gasteiger partial charge < -0.3 is 24.8 Å². The van der Waals surface area contributed by atoms with Crippen molar-refractivity contribution in [3.63, 3.8) is 0 Å². The van der Waals surface area contributed by atoms with E-state index in [1.165, 1.54) is 25.7 Å². The molecule has 1 aromatic carbocycles. The van der Waals surface area contributed by atoms with E-state index in [0.717, 1.165) is 37.5 Å². The zero-order valence-corrected chi connectivity index (χ0v) is 17.7. The molecule has 0 unspecified atom stereocenters. The lowest BCUT2D eigenvalue weighted by atomic mass is 9.83. The van der Waals surface area contributed by atoms with Crippen LogP contribution < -0.4 is 20.1 Å².